The van der Waals surface area contributed by atoms with Gasteiger partial charge in [-0.05, 0) is 46.2 Å². The van der Waals surface area contributed by atoms with E-state index in [0.29, 0.717) is 5.15 Å². The highest BCUT2D eigenvalue weighted by molar-refractivity contribution is 14.1. The van der Waals surface area contributed by atoms with E-state index in [-0.39, 0.29) is 0 Å². The van der Waals surface area contributed by atoms with E-state index in [4.69, 9.17) is 11.6 Å². The van der Waals surface area contributed by atoms with Crippen molar-refractivity contribution in [3.05, 3.63) is 38.5 Å². The minimum absolute atomic E-state index is 0.473. The molecule has 0 N–H and O–H groups in total. The molecule has 6 heteroatoms. The van der Waals surface area contributed by atoms with E-state index in [0.717, 1.165) is 19.9 Å². The van der Waals surface area contributed by atoms with Crippen LogP contribution in [0.25, 0.3) is 16.2 Å². The Morgan fingerprint density at radius 3 is 2.94 bits per heavy atom. The van der Waals surface area contributed by atoms with Crippen molar-refractivity contribution in [2.45, 2.75) is 0 Å². The Morgan fingerprint density at radius 1 is 1.31 bits per heavy atom. The second-order valence-electron chi connectivity index (χ2n) is 3.15. The van der Waals surface area contributed by atoms with Gasteiger partial charge in [0.05, 0.1) is 4.88 Å². The smallest absolute Gasteiger partial charge is 0.155 e. The maximum Gasteiger partial charge on any atom is 0.155 e. The normalized spacial score (nSPS) is 11.1. The lowest BCUT2D eigenvalue weighted by Gasteiger charge is -1.94. The summed E-state index contributed by atoms with van der Waals surface area (Å²) in [6.45, 7) is 0. The van der Waals surface area contributed by atoms with E-state index in [9.17, 15) is 0 Å². The summed E-state index contributed by atoms with van der Waals surface area (Å²) in [7, 11) is 0. The summed E-state index contributed by atoms with van der Waals surface area (Å²) in [6, 6.07) is 7.68. The third-order valence-electron chi connectivity index (χ3n) is 2.14. The minimum atomic E-state index is 0.473. The molecular formula is C10H5ClIN3S. The zero-order valence-electron chi connectivity index (χ0n) is 7.89. The van der Waals surface area contributed by atoms with Crippen LogP contribution >= 0.6 is 45.5 Å². The average molecular weight is 362 g/mol. The summed E-state index contributed by atoms with van der Waals surface area (Å²) >= 11 is 9.77. The topological polar surface area (TPSA) is 30.2 Å². The highest BCUT2D eigenvalue weighted by Crippen LogP contribution is 2.29. The zero-order valence-corrected chi connectivity index (χ0v) is 11.6. The molecule has 0 aromatic carbocycles. The Hall–Kier alpha value is -0.660. The Balaban J connectivity index is 2.32. The number of thiophene rings is 1. The predicted octanol–water partition coefficient (Wildman–Crippen LogP) is 3.72. The van der Waals surface area contributed by atoms with Crippen LogP contribution in [-0.4, -0.2) is 14.6 Å². The number of fused-ring (bicyclic) bond motifs is 1. The number of hydrogen-bond donors (Lipinski definition) is 0. The molecule has 0 atom stereocenters. The van der Waals surface area contributed by atoms with Crippen molar-refractivity contribution < 1.29 is 0 Å². The molecule has 0 amide bonds. The molecule has 0 saturated heterocycles. The lowest BCUT2D eigenvalue weighted by atomic mass is 10.4. The molecule has 0 fully saturated rings. The molecule has 0 aliphatic carbocycles. The lowest BCUT2D eigenvalue weighted by Crippen LogP contribution is -1.93. The highest BCUT2D eigenvalue weighted by Gasteiger charge is 2.13. The van der Waals surface area contributed by atoms with Gasteiger partial charge in [0, 0.05) is 0 Å². The van der Waals surface area contributed by atoms with Crippen molar-refractivity contribution in [2.24, 2.45) is 0 Å². The first kappa shape index (κ1) is 10.5. The lowest BCUT2D eigenvalue weighted by molar-refractivity contribution is 0.915. The number of imidazole rings is 1. The van der Waals surface area contributed by atoms with Gasteiger partial charge in [-0.1, -0.05) is 17.7 Å². The molecule has 3 nitrogen and oxygen atoms in total. The van der Waals surface area contributed by atoms with Crippen LogP contribution in [0.2, 0.25) is 5.15 Å². The largest absolute Gasteiger partial charge is 0.225 e. The minimum Gasteiger partial charge on any atom is -0.225 e. The van der Waals surface area contributed by atoms with Crippen molar-refractivity contribution in [2.75, 3.05) is 0 Å². The zero-order chi connectivity index (χ0) is 11.1. The van der Waals surface area contributed by atoms with Gasteiger partial charge in [0.25, 0.3) is 0 Å². The summed E-state index contributed by atoms with van der Waals surface area (Å²) in [5, 5.41) is 6.73. The summed E-state index contributed by atoms with van der Waals surface area (Å²) in [6.07, 6.45) is 0. The van der Waals surface area contributed by atoms with Gasteiger partial charge in [-0.25, -0.2) is 9.50 Å². The first-order valence-electron chi connectivity index (χ1n) is 4.50. The van der Waals surface area contributed by atoms with Crippen LogP contribution in [0.4, 0.5) is 0 Å². The van der Waals surface area contributed by atoms with Crippen LogP contribution in [0.1, 0.15) is 0 Å². The monoisotopic (exact) mass is 361 g/mol. The van der Waals surface area contributed by atoms with Crippen molar-refractivity contribution in [1.29, 1.82) is 0 Å². The summed E-state index contributed by atoms with van der Waals surface area (Å²) in [4.78, 5) is 5.69. The second-order valence-corrected chi connectivity index (χ2v) is 5.51. The standard InChI is InChI=1S/C10H5ClIN3S/c11-7-3-4-8-13-9(6-2-1-5-16-6)10(12)15(8)14-7/h1-5H. The predicted molar refractivity (Wildman–Crippen MR) is 74.0 cm³/mol. The second kappa shape index (κ2) is 3.97. The van der Waals surface area contributed by atoms with Gasteiger partial charge in [-0.15, -0.1) is 11.3 Å². The molecule has 3 aromatic rings. The molecule has 0 spiro atoms. The fraction of sp³-hybridized carbons (Fsp3) is 0. The molecular weight excluding hydrogens is 357 g/mol. The maximum absolute atomic E-state index is 5.86. The third kappa shape index (κ3) is 1.63. The number of hydrogen-bond acceptors (Lipinski definition) is 3. The summed E-state index contributed by atoms with van der Waals surface area (Å²) < 4.78 is 2.75. The Kier molecular flexibility index (Phi) is 2.61. The van der Waals surface area contributed by atoms with Gasteiger partial charge in [0.2, 0.25) is 0 Å². The van der Waals surface area contributed by atoms with Crippen LogP contribution in [0.3, 0.4) is 0 Å². The summed E-state index contributed by atoms with van der Waals surface area (Å²) in [5.74, 6) is 0. The fourth-order valence-electron chi connectivity index (χ4n) is 1.45. The Labute approximate surface area is 114 Å². The quantitative estimate of drug-likeness (QED) is 0.619. The van der Waals surface area contributed by atoms with E-state index >= 15 is 0 Å². The van der Waals surface area contributed by atoms with E-state index < -0.39 is 0 Å². The molecule has 80 valence electrons. The van der Waals surface area contributed by atoms with Gasteiger partial charge < -0.3 is 0 Å². The van der Waals surface area contributed by atoms with E-state index in [1.54, 1.807) is 21.9 Å². The number of nitrogens with zero attached hydrogens (tertiary/aromatic N) is 3. The van der Waals surface area contributed by atoms with E-state index in [1.165, 1.54) is 0 Å². The third-order valence-corrected chi connectivity index (χ3v) is 4.19. The van der Waals surface area contributed by atoms with Gasteiger partial charge >= 0.3 is 0 Å². The Morgan fingerprint density at radius 2 is 2.19 bits per heavy atom. The van der Waals surface area contributed by atoms with Gasteiger partial charge in [-0.3, -0.25) is 0 Å². The van der Waals surface area contributed by atoms with Crippen molar-refractivity contribution in [3.8, 4) is 10.6 Å². The van der Waals surface area contributed by atoms with Crippen LogP contribution < -0.4 is 0 Å². The molecule has 0 saturated carbocycles. The highest BCUT2D eigenvalue weighted by atomic mass is 127. The molecule has 0 aliphatic rings. The van der Waals surface area contributed by atoms with Gasteiger partial charge in [0.1, 0.15) is 14.5 Å². The van der Waals surface area contributed by atoms with Crippen LogP contribution in [0, 0.1) is 3.70 Å². The SMILES string of the molecule is Clc1ccc2nc(-c3cccs3)c(I)n2n1. The van der Waals surface area contributed by atoms with Crippen molar-refractivity contribution in [1.82, 2.24) is 14.6 Å². The first-order valence-corrected chi connectivity index (χ1v) is 6.84. The molecule has 0 aliphatic heterocycles. The molecule has 3 aromatic heterocycles. The summed E-state index contributed by atoms with van der Waals surface area (Å²) in [5.41, 5.74) is 1.78. The number of aromatic nitrogens is 3. The molecule has 0 unspecified atom stereocenters. The van der Waals surface area contributed by atoms with E-state index in [1.807, 2.05) is 17.5 Å². The molecule has 16 heavy (non-hydrogen) atoms. The molecule has 3 rings (SSSR count). The van der Waals surface area contributed by atoms with Crippen LogP contribution in [-0.2, 0) is 0 Å². The average Bonchev–Trinajstić information content (AvgIpc) is 2.87. The number of halogens is 2. The first-order chi connectivity index (χ1) is 7.75. The number of rotatable bonds is 1. The van der Waals surface area contributed by atoms with E-state index in [2.05, 4.69) is 38.7 Å². The van der Waals surface area contributed by atoms with Crippen molar-refractivity contribution >= 4 is 51.2 Å². The maximum atomic E-state index is 5.86. The molecule has 0 bridgehead atoms. The van der Waals surface area contributed by atoms with Gasteiger partial charge in [0.15, 0.2) is 5.65 Å². The molecule has 0 radical (unpaired) electrons. The van der Waals surface area contributed by atoms with Crippen molar-refractivity contribution in [3.63, 3.8) is 0 Å². The van der Waals surface area contributed by atoms with Gasteiger partial charge in [-0.2, -0.15) is 5.10 Å². The molecule has 3 heterocycles. The fourth-order valence-corrected chi connectivity index (χ4v) is 3.26. The Bertz CT molecular complexity index is 647. The van der Waals surface area contributed by atoms with Crippen LogP contribution in [0.5, 0.6) is 0 Å². The van der Waals surface area contributed by atoms with Crippen LogP contribution in [0.15, 0.2) is 29.6 Å².